The molecule has 0 atom stereocenters. The van der Waals surface area contributed by atoms with E-state index < -0.39 is 0 Å². The van der Waals surface area contributed by atoms with Gasteiger partial charge in [-0.2, -0.15) is 0 Å². The Bertz CT molecular complexity index is 8.00. The van der Waals surface area contributed by atoms with Gasteiger partial charge in [-0.15, -0.1) is 0 Å². The monoisotopic (exact) mass is 135 g/mol. The van der Waals surface area contributed by atoms with Crippen LogP contribution in [0.25, 0.3) is 0 Å². The summed E-state index contributed by atoms with van der Waals surface area (Å²) in [5, 5.41) is 0. The zero-order chi connectivity index (χ0) is 2.00. The first-order valence-corrected chi connectivity index (χ1v) is 0.866. The first-order chi connectivity index (χ1) is 1.00. The summed E-state index contributed by atoms with van der Waals surface area (Å²) in [6, 6.07) is 0. The third-order valence-electron chi connectivity index (χ3n) is 0. The maximum atomic E-state index is 8.28. The van der Waals surface area contributed by atoms with Crippen molar-refractivity contribution in [2.24, 2.45) is 0 Å². The van der Waals surface area contributed by atoms with Crippen LogP contribution < -0.4 is 0 Å². The van der Waals surface area contributed by atoms with Crippen molar-refractivity contribution >= 4 is 27.5 Å². The first-order valence-electron chi connectivity index (χ1n) is 0.289. The zero-order valence-electron chi connectivity index (χ0n) is 1.45. The summed E-state index contributed by atoms with van der Waals surface area (Å²) in [6.45, 7) is 0. The van der Waals surface area contributed by atoms with Gasteiger partial charge in [0.1, 0.15) is 0 Å². The van der Waals surface area contributed by atoms with E-state index in [2.05, 4.69) is 0 Å². The van der Waals surface area contributed by atoms with Crippen LogP contribution in [-0.4, -0.2) is 27.5 Å². The average Bonchev–Trinajstić information content (AvgIpc) is 1.00. The van der Waals surface area contributed by atoms with Gasteiger partial charge in [-0.05, 0) is 0 Å². The van der Waals surface area contributed by atoms with Gasteiger partial charge in [0.15, 0.2) is 17.4 Å². The molecular formula is H5AlCoOSi. The van der Waals surface area contributed by atoms with Gasteiger partial charge in [-0.25, -0.2) is 0 Å². The number of rotatable bonds is 0. The predicted octanol–water partition coefficient (Wildman–Crippen LogP) is -2.22. The largest absolute Gasteiger partial charge is 0.396 e. The van der Waals surface area contributed by atoms with Crippen LogP contribution in [0.4, 0.5) is 0 Å². The van der Waals surface area contributed by atoms with E-state index >= 15 is 0 Å². The summed E-state index contributed by atoms with van der Waals surface area (Å²) >= 11 is 0. The minimum Gasteiger partial charge on any atom is -0.396 e. The van der Waals surface area contributed by atoms with Crippen molar-refractivity contribution in [3.05, 3.63) is 0 Å². The molecule has 0 aromatic rings. The van der Waals surface area contributed by atoms with Crippen molar-refractivity contribution in [3.63, 3.8) is 0 Å². The minimum atomic E-state index is 0. The van der Waals surface area contributed by atoms with Crippen molar-refractivity contribution in [1.82, 2.24) is 0 Å². The van der Waals surface area contributed by atoms with Crippen LogP contribution in [0.5, 0.6) is 0 Å². The molecular weight excluding hydrogens is 130 g/mol. The molecule has 0 aliphatic rings. The summed E-state index contributed by atoms with van der Waals surface area (Å²) < 4.78 is 8.28. The molecule has 0 spiro atoms. The van der Waals surface area contributed by atoms with Crippen LogP contribution in [0, 0.1) is 0 Å². The van der Waals surface area contributed by atoms with E-state index in [9.17, 15) is 0 Å². The third kappa shape index (κ3) is 11.6. The fourth-order valence-corrected chi connectivity index (χ4v) is 0. The fourth-order valence-electron chi connectivity index (χ4n) is 0. The Labute approximate surface area is 49.0 Å². The van der Waals surface area contributed by atoms with E-state index in [-0.39, 0.29) is 34.1 Å². The minimum absolute atomic E-state index is 0. The molecule has 0 aliphatic heterocycles. The van der Waals surface area contributed by atoms with Crippen LogP contribution in [0.15, 0.2) is 0 Å². The van der Waals surface area contributed by atoms with Crippen LogP contribution in [0.3, 0.4) is 0 Å². The molecule has 0 heterocycles. The van der Waals surface area contributed by atoms with Crippen molar-refractivity contribution in [2.75, 3.05) is 0 Å². The standard InChI is InChI=1S/Al.Co.H2OSi.3H/c;;1-2;;;/h;;2H2;;;. The van der Waals surface area contributed by atoms with Crippen molar-refractivity contribution in [2.45, 2.75) is 0 Å². The van der Waals surface area contributed by atoms with Crippen LogP contribution in [-0.2, 0) is 21.2 Å². The molecule has 0 unspecified atom stereocenters. The van der Waals surface area contributed by atoms with E-state index in [1.807, 2.05) is 0 Å². The summed E-state index contributed by atoms with van der Waals surface area (Å²) in [6.07, 6.45) is 0. The molecule has 0 amide bonds. The Morgan fingerprint density at radius 1 is 1.25 bits per heavy atom. The molecule has 1 nitrogen and oxygen atoms in total. The SMILES string of the molecule is O=[SiH2].[AlH3].[Co]. The first kappa shape index (κ1) is 19.7. The van der Waals surface area contributed by atoms with Crippen LogP contribution in [0.1, 0.15) is 0 Å². The average molecular weight is 135 g/mol. The van der Waals surface area contributed by atoms with E-state index in [1.54, 1.807) is 0 Å². The summed E-state index contributed by atoms with van der Waals surface area (Å²) in [4.78, 5) is 0. The molecule has 0 fully saturated rings. The normalized spacial score (nSPS) is 1.00. The Balaban J connectivity index is -0.00000000500. The second kappa shape index (κ2) is 34.0. The molecule has 0 saturated heterocycles. The van der Waals surface area contributed by atoms with Gasteiger partial charge in [-0.3, -0.25) is 0 Å². The maximum absolute atomic E-state index is 8.28. The number of hydrogen-bond acceptors (Lipinski definition) is 1. The molecule has 0 aromatic carbocycles. The second-order valence-corrected chi connectivity index (χ2v) is 0. The molecule has 0 saturated carbocycles. The van der Waals surface area contributed by atoms with Gasteiger partial charge in [0.05, 0.1) is 0 Å². The predicted molar refractivity (Wildman–Crippen MR) is 19.2 cm³/mol. The van der Waals surface area contributed by atoms with Gasteiger partial charge >= 0.3 is 0 Å². The van der Waals surface area contributed by atoms with Gasteiger partial charge < -0.3 is 4.46 Å². The Morgan fingerprint density at radius 3 is 1.25 bits per heavy atom. The van der Waals surface area contributed by atoms with Crippen LogP contribution >= 0.6 is 0 Å². The van der Waals surface area contributed by atoms with E-state index in [0.717, 1.165) is 0 Å². The quantitative estimate of drug-likeness (QED) is 0.344. The van der Waals surface area contributed by atoms with Crippen molar-refractivity contribution in [3.8, 4) is 0 Å². The molecule has 4 heavy (non-hydrogen) atoms. The van der Waals surface area contributed by atoms with E-state index in [0.29, 0.717) is 10.1 Å². The van der Waals surface area contributed by atoms with Gasteiger partial charge in [0, 0.05) is 16.8 Å². The van der Waals surface area contributed by atoms with Gasteiger partial charge in [0.2, 0.25) is 10.1 Å². The van der Waals surface area contributed by atoms with Crippen LogP contribution in [0.2, 0.25) is 0 Å². The topological polar surface area (TPSA) is 17.1 Å². The molecule has 0 bridgehead atoms. The van der Waals surface area contributed by atoms with E-state index in [4.69, 9.17) is 4.46 Å². The molecule has 0 aliphatic carbocycles. The Kier molecular flexibility index (Phi) is 167. The summed E-state index contributed by atoms with van der Waals surface area (Å²) in [5.74, 6) is 0. The summed E-state index contributed by atoms with van der Waals surface area (Å²) in [7, 11) is 0.611. The van der Waals surface area contributed by atoms with Crippen molar-refractivity contribution in [1.29, 1.82) is 0 Å². The Morgan fingerprint density at radius 2 is 1.25 bits per heavy atom. The Hall–Kier alpha value is 1.06. The van der Waals surface area contributed by atoms with Gasteiger partial charge in [0.25, 0.3) is 0 Å². The molecule has 0 aromatic heterocycles. The molecule has 0 N–H and O–H groups in total. The van der Waals surface area contributed by atoms with Crippen molar-refractivity contribution < 1.29 is 21.2 Å². The number of hydrogen-bond donors (Lipinski definition) is 0. The molecule has 0 rings (SSSR count). The molecule has 1 radical (unpaired) electrons. The zero-order valence-corrected chi connectivity index (χ0v) is 3.90. The van der Waals surface area contributed by atoms with E-state index in [1.165, 1.54) is 0 Å². The van der Waals surface area contributed by atoms with Gasteiger partial charge in [-0.1, -0.05) is 0 Å². The summed E-state index contributed by atoms with van der Waals surface area (Å²) in [5.41, 5.74) is 0. The smallest absolute Gasteiger partial charge is 0.245 e. The fraction of sp³-hybridized carbons (Fsp3) is 0. The second-order valence-electron chi connectivity index (χ2n) is 0. The molecule has 4 heteroatoms. The third-order valence-corrected chi connectivity index (χ3v) is 0. The molecule has 27 valence electrons. The maximum Gasteiger partial charge on any atom is 0.245 e.